The van der Waals surface area contributed by atoms with E-state index in [1.165, 1.54) is 19.1 Å². The first-order chi connectivity index (χ1) is 7.71. The fraction of sp³-hybridized carbons (Fsp3) is 0.818. The topological polar surface area (TPSA) is 76.1 Å². The first kappa shape index (κ1) is 15.7. The smallest absolute Gasteiger partial charge is 0.410 e. The van der Waals surface area contributed by atoms with Crippen LogP contribution in [0.25, 0.3) is 0 Å². The lowest BCUT2D eigenvalue weighted by molar-refractivity contribution is -0.147. The van der Waals surface area contributed by atoms with Gasteiger partial charge in [-0.3, -0.25) is 4.79 Å². The summed E-state index contributed by atoms with van der Waals surface area (Å²) >= 11 is 0. The van der Waals surface area contributed by atoms with E-state index in [1.807, 2.05) is 0 Å². The van der Waals surface area contributed by atoms with Crippen LogP contribution >= 0.6 is 0 Å². The van der Waals surface area contributed by atoms with Gasteiger partial charge in [0.25, 0.3) is 0 Å². The number of aliphatic hydroxyl groups is 1. The predicted molar refractivity (Wildman–Crippen MR) is 61.5 cm³/mol. The second-order valence-corrected chi connectivity index (χ2v) is 4.76. The summed E-state index contributed by atoms with van der Waals surface area (Å²) in [5.41, 5.74) is -0.592. The molecule has 0 aliphatic heterocycles. The summed E-state index contributed by atoms with van der Waals surface area (Å²) in [5, 5.41) is 9.01. The second-order valence-electron chi connectivity index (χ2n) is 4.76. The van der Waals surface area contributed by atoms with Crippen LogP contribution in [0.15, 0.2) is 0 Å². The quantitative estimate of drug-likeness (QED) is 0.737. The number of carbonyl (C=O) groups excluding carboxylic acids is 2. The van der Waals surface area contributed by atoms with E-state index in [-0.39, 0.29) is 13.2 Å². The number of carbonyl (C=O) groups is 2. The zero-order valence-corrected chi connectivity index (χ0v) is 11.0. The Morgan fingerprint density at radius 1 is 1.35 bits per heavy atom. The first-order valence-corrected chi connectivity index (χ1v) is 5.34. The van der Waals surface area contributed by atoms with Crippen molar-refractivity contribution in [2.24, 2.45) is 5.92 Å². The van der Waals surface area contributed by atoms with E-state index in [2.05, 4.69) is 4.74 Å². The summed E-state index contributed by atoms with van der Waals surface area (Å²) in [6.07, 6.45) is -0.542. The van der Waals surface area contributed by atoms with Gasteiger partial charge in [-0.25, -0.2) is 4.79 Å². The molecule has 0 aliphatic carbocycles. The third-order valence-electron chi connectivity index (χ3n) is 1.95. The molecule has 17 heavy (non-hydrogen) atoms. The lowest BCUT2D eigenvalue weighted by Gasteiger charge is -2.26. The minimum absolute atomic E-state index is 0.0537. The normalized spacial score (nSPS) is 12.8. The molecule has 0 saturated heterocycles. The van der Waals surface area contributed by atoms with E-state index in [4.69, 9.17) is 9.84 Å². The standard InChI is InChI=1S/C11H21NO5/c1-11(2,3)17-10(15)12(4)6-8(7-13)9(14)16-5/h8,13H,6-7H2,1-5H3/t8-/m0/s1. The molecule has 100 valence electrons. The summed E-state index contributed by atoms with van der Waals surface area (Å²) in [7, 11) is 2.73. The molecule has 1 amide bonds. The van der Waals surface area contributed by atoms with E-state index in [0.717, 1.165) is 0 Å². The highest BCUT2D eigenvalue weighted by molar-refractivity contribution is 5.74. The fourth-order valence-corrected chi connectivity index (χ4v) is 1.12. The van der Waals surface area contributed by atoms with Crippen molar-refractivity contribution >= 4 is 12.1 Å². The summed E-state index contributed by atoms with van der Waals surface area (Å²) in [6, 6.07) is 0. The highest BCUT2D eigenvalue weighted by Crippen LogP contribution is 2.10. The Morgan fingerprint density at radius 3 is 2.24 bits per heavy atom. The molecule has 0 heterocycles. The van der Waals surface area contributed by atoms with Crippen molar-refractivity contribution in [1.29, 1.82) is 0 Å². The van der Waals surface area contributed by atoms with Crippen molar-refractivity contribution < 1.29 is 24.2 Å². The van der Waals surface area contributed by atoms with Crippen molar-refractivity contribution in [3.8, 4) is 0 Å². The van der Waals surface area contributed by atoms with Crippen LogP contribution in [-0.2, 0) is 14.3 Å². The molecule has 1 atom stereocenters. The number of hydrogen-bond donors (Lipinski definition) is 1. The molecule has 0 rings (SSSR count). The molecular weight excluding hydrogens is 226 g/mol. The van der Waals surface area contributed by atoms with Crippen LogP contribution in [0.5, 0.6) is 0 Å². The van der Waals surface area contributed by atoms with Gasteiger partial charge in [-0.15, -0.1) is 0 Å². The van der Waals surface area contributed by atoms with E-state index in [0.29, 0.717) is 0 Å². The number of rotatable bonds is 4. The Morgan fingerprint density at radius 2 is 1.88 bits per heavy atom. The van der Waals surface area contributed by atoms with E-state index < -0.39 is 23.6 Å². The van der Waals surface area contributed by atoms with Gasteiger partial charge in [0.15, 0.2) is 0 Å². The van der Waals surface area contributed by atoms with Crippen LogP contribution in [-0.4, -0.2) is 55.0 Å². The molecule has 0 aromatic carbocycles. The minimum atomic E-state index is -0.752. The summed E-state index contributed by atoms with van der Waals surface area (Å²) in [4.78, 5) is 24.1. The fourth-order valence-electron chi connectivity index (χ4n) is 1.12. The van der Waals surface area contributed by atoms with Gasteiger partial charge >= 0.3 is 12.1 Å². The van der Waals surface area contributed by atoms with Crippen molar-refractivity contribution in [1.82, 2.24) is 4.90 Å². The molecule has 0 aliphatic rings. The van der Waals surface area contributed by atoms with Gasteiger partial charge in [-0.2, -0.15) is 0 Å². The Labute approximate surface area is 101 Å². The van der Waals surface area contributed by atoms with Gasteiger partial charge in [0, 0.05) is 13.6 Å². The van der Waals surface area contributed by atoms with Crippen LogP contribution in [0.2, 0.25) is 0 Å². The van der Waals surface area contributed by atoms with Crippen molar-refractivity contribution in [2.45, 2.75) is 26.4 Å². The van der Waals surface area contributed by atoms with Crippen LogP contribution < -0.4 is 0 Å². The monoisotopic (exact) mass is 247 g/mol. The zero-order valence-electron chi connectivity index (χ0n) is 11.0. The lowest BCUT2D eigenvalue weighted by Crippen LogP contribution is -2.40. The molecule has 0 unspecified atom stereocenters. The number of esters is 1. The highest BCUT2D eigenvalue weighted by atomic mass is 16.6. The molecule has 0 radical (unpaired) electrons. The largest absolute Gasteiger partial charge is 0.469 e. The highest BCUT2D eigenvalue weighted by Gasteiger charge is 2.25. The number of methoxy groups -OCH3 is 1. The molecule has 0 saturated carbocycles. The van der Waals surface area contributed by atoms with Gasteiger partial charge in [0.2, 0.25) is 0 Å². The first-order valence-electron chi connectivity index (χ1n) is 5.34. The van der Waals surface area contributed by atoms with Crippen LogP contribution in [0.4, 0.5) is 4.79 Å². The Bertz CT molecular complexity index is 272. The molecular formula is C11H21NO5. The molecule has 0 spiro atoms. The molecule has 6 nitrogen and oxygen atoms in total. The van der Waals surface area contributed by atoms with Crippen LogP contribution in [0, 0.1) is 5.92 Å². The third-order valence-corrected chi connectivity index (χ3v) is 1.95. The van der Waals surface area contributed by atoms with Crippen molar-refractivity contribution in [3.63, 3.8) is 0 Å². The Balaban J connectivity index is 4.36. The maximum absolute atomic E-state index is 11.6. The molecule has 0 aromatic heterocycles. The van der Waals surface area contributed by atoms with Gasteiger partial charge in [0.1, 0.15) is 5.60 Å². The molecule has 0 fully saturated rings. The molecule has 6 heteroatoms. The van der Waals surface area contributed by atoms with Gasteiger partial charge < -0.3 is 19.5 Å². The minimum Gasteiger partial charge on any atom is -0.469 e. The van der Waals surface area contributed by atoms with Gasteiger partial charge in [-0.05, 0) is 20.8 Å². The average Bonchev–Trinajstić information content (AvgIpc) is 2.21. The number of aliphatic hydroxyl groups excluding tert-OH is 1. The van der Waals surface area contributed by atoms with E-state index in [9.17, 15) is 9.59 Å². The number of ether oxygens (including phenoxy) is 2. The number of hydrogen-bond acceptors (Lipinski definition) is 5. The third kappa shape index (κ3) is 6.11. The lowest BCUT2D eigenvalue weighted by atomic mass is 10.1. The van der Waals surface area contributed by atoms with Crippen LogP contribution in [0.3, 0.4) is 0 Å². The molecule has 1 N–H and O–H groups in total. The van der Waals surface area contributed by atoms with E-state index >= 15 is 0 Å². The van der Waals surface area contributed by atoms with Gasteiger partial charge in [0.05, 0.1) is 19.6 Å². The van der Waals surface area contributed by atoms with Gasteiger partial charge in [-0.1, -0.05) is 0 Å². The SMILES string of the molecule is COC(=O)[C@H](CO)CN(C)C(=O)OC(C)(C)C. The van der Waals surface area contributed by atoms with Crippen LogP contribution in [0.1, 0.15) is 20.8 Å². The molecule has 0 bridgehead atoms. The Hall–Kier alpha value is -1.30. The second kappa shape index (κ2) is 6.44. The summed E-state index contributed by atoms with van der Waals surface area (Å²) < 4.78 is 9.62. The van der Waals surface area contributed by atoms with Crippen molar-refractivity contribution in [3.05, 3.63) is 0 Å². The summed E-state index contributed by atoms with van der Waals surface area (Å²) in [5.74, 6) is -1.31. The number of amides is 1. The van der Waals surface area contributed by atoms with Crippen molar-refractivity contribution in [2.75, 3.05) is 27.3 Å². The maximum Gasteiger partial charge on any atom is 0.410 e. The molecule has 0 aromatic rings. The maximum atomic E-state index is 11.6. The summed E-state index contributed by atoms with van der Waals surface area (Å²) in [6.45, 7) is 4.94. The predicted octanol–water partition coefficient (Wildman–Crippen LogP) is 0.635. The average molecular weight is 247 g/mol. The van der Waals surface area contributed by atoms with E-state index in [1.54, 1.807) is 20.8 Å². The Kier molecular flexibility index (Phi) is 5.95. The zero-order chi connectivity index (χ0) is 13.6. The number of nitrogens with zero attached hydrogens (tertiary/aromatic N) is 1.